The van der Waals surface area contributed by atoms with Crippen molar-refractivity contribution in [2.24, 2.45) is 5.92 Å². The molecular formula is C47H57FN4O7Si. The highest BCUT2D eigenvalue weighted by Crippen LogP contribution is 2.60. The molecule has 4 aromatic carbocycles. The number of hydrogen-bond acceptors (Lipinski definition) is 8. The molecule has 0 saturated carbocycles. The maximum absolute atomic E-state index is 16.5. The largest absolute Gasteiger partial charge is 0.494 e. The summed E-state index contributed by atoms with van der Waals surface area (Å²) < 4.78 is 29.2. The molecule has 0 aromatic heterocycles. The molecule has 11 nitrogen and oxygen atoms in total. The highest BCUT2D eigenvalue weighted by Gasteiger charge is 2.67. The van der Waals surface area contributed by atoms with Crippen LogP contribution in [-0.2, 0) is 44.2 Å². The second-order valence-corrected chi connectivity index (χ2v) is 20.4. The lowest BCUT2D eigenvalue weighted by molar-refractivity contribution is -0.150. The number of ether oxygens (including phenoxy) is 2. The van der Waals surface area contributed by atoms with Crippen molar-refractivity contribution in [2.45, 2.75) is 89.0 Å². The summed E-state index contributed by atoms with van der Waals surface area (Å²) in [5.74, 6) is -0.475. The molecule has 318 valence electrons. The molecule has 5 atom stereocenters. The van der Waals surface area contributed by atoms with Gasteiger partial charge in [-0.3, -0.25) is 19.3 Å². The molecule has 0 bridgehead atoms. The number of nitrogens with one attached hydrogen (secondary N) is 1. The van der Waals surface area contributed by atoms with Gasteiger partial charge in [-0.05, 0) is 98.9 Å². The Morgan fingerprint density at radius 1 is 0.950 bits per heavy atom. The van der Waals surface area contributed by atoms with Crippen LogP contribution in [0.5, 0.6) is 5.75 Å². The SMILES string of the molecule is CCOc1ccc2c(c1)CC(NCCCCO)C(=O)N2c1ccc(CN2C(=O)[C@@]3(O[C@@H](CC(=O)N(CCO)Cc4ccccc4)[C@H]([Si](C)(C)F)[C@H]3C)c3ccccc32)cc1. The number of halogens is 1. The Labute approximate surface area is 353 Å². The van der Waals surface area contributed by atoms with E-state index < -0.39 is 37.6 Å². The van der Waals surface area contributed by atoms with E-state index in [1.54, 1.807) is 27.8 Å². The monoisotopic (exact) mass is 836 g/mol. The molecule has 1 unspecified atom stereocenters. The molecule has 3 aliphatic rings. The van der Waals surface area contributed by atoms with Crippen molar-refractivity contribution in [3.05, 3.63) is 119 Å². The first kappa shape index (κ1) is 43.2. The van der Waals surface area contributed by atoms with Gasteiger partial charge in [0.15, 0.2) is 5.60 Å². The molecule has 1 spiro atoms. The number of fused-ring (bicyclic) bond motifs is 3. The highest BCUT2D eigenvalue weighted by atomic mass is 28.4. The van der Waals surface area contributed by atoms with E-state index >= 15 is 4.11 Å². The van der Waals surface area contributed by atoms with E-state index in [1.165, 1.54) is 0 Å². The first-order valence-electron chi connectivity index (χ1n) is 21.1. The van der Waals surface area contributed by atoms with E-state index in [2.05, 4.69) is 5.32 Å². The van der Waals surface area contributed by atoms with Crippen LogP contribution >= 0.6 is 0 Å². The van der Waals surface area contributed by atoms with Gasteiger partial charge >= 0.3 is 0 Å². The van der Waals surface area contributed by atoms with E-state index in [0.29, 0.717) is 49.5 Å². The smallest absolute Gasteiger partial charge is 0.264 e. The minimum Gasteiger partial charge on any atom is -0.494 e. The number of unbranched alkanes of at least 4 members (excludes halogenated alkanes) is 1. The van der Waals surface area contributed by atoms with Crippen LogP contribution in [0.1, 0.15) is 55.4 Å². The fraction of sp³-hybridized carbons (Fsp3) is 0.426. The Kier molecular flexibility index (Phi) is 13.2. The summed E-state index contributed by atoms with van der Waals surface area (Å²) in [6.45, 7) is 8.66. The van der Waals surface area contributed by atoms with Gasteiger partial charge in [-0.25, -0.2) is 0 Å². The van der Waals surface area contributed by atoms with E-state index in [4.69, 9.17) is 9.47 Å². The summed E-state index contributed by atoms with van der Waals surface area (Å²) in [4.78, 5) is 48.0. The standard InChI is InChI=1S/C47H57FN4O7Si/c1-5-58-37-21-22-40-35(27-37)28-39(49-23-11-12-25-53)45(56)52(40)36-19-17-34(18-20-36)31-51-41-16-10-9-15-38(41)47(46(51)57)32(2)44(60(3,4)48)42(59-47)29-43(55)50(24-26-54)30-33-13-7-6-8-14-33/h6-10,13-22,27,32,39,42,44,49,53-54H,5,11-12,23-26,28-31H2,1-4H3/t32-,39?,42+,44-,47+/m1/s1. The van der Waals surface area contributed by atoms with Crippen LogP contribution < -0.4 is 19.9 Å². The highest BCUT2D eigenvalue weighted by molar-refractivity contribution is 6.72. The Hall–Kier alpha value is -4.92. The zero-order chi connectivity index (χ0) is 42.6. The zero-order valence-electron chi connectivity index (χ0n) is 35.0. The third kappa shape index (κ3) is 8.51. The number of carbonyl (C=O) groups excluding carboxylic acids is 3. The third-order valence-electron chi connectivity index (χ3n) is 12.2. The predicted molar refractivity (Wildman–Crippen MR) is 232 cm³/mol. The van der Waals surface area contributed by atoms with Crippen LogP contribution in [0, 0.1) is 5.92 Å². The number of carbonyl (C=O) groups is 3. The van der Waals surface area contributed by atoms with Crippen LogP contribution in [0.15, 0.2) is 97.1 Å². The van der Waals surface area contributed by atoms with Crippen LogP contribution in [-0.4, -0.2) is 86.3 Å². The molecule has 3 aliphatic heterocycles. The quantitative estimate of drug-likeness (QED) is 0.0604. The molecule has 1 fully saturated rings. The number of aliphatic hydroxyl groups is 2. The van der Waals surface area contributed by atoms with Gasteiger partial charge in [-0.2, -0.15) is 0 Å². The number of amides is 3. The summed E-state index contributed by atoms with van der Waals surface area (Å²) >= 11 is 0. The molecule has 3 amide bonds. The molecular weight excluding hydrogens is 780 g/mol. The lowest BCUT2D eigenvalue weighted by Crippen LogP contribution is -2.49. The van der Waals surface area contributed by atoms with Gasteiger partial charge in [-0.1, -0.05) is 67.6 Å². The molecule has 60 heavy (non-hydrogen) atoms. The zero-order valence-corrected chi connectivity index (χ0v) is 36.0. The van der Waals surface area contributed by atoms with Crippen LogP contribution in [0.2, 0.25) is 18.6 Å². The Morgan fingerprint density at radius 2 is 1.68 bits per heavy atom. The van der Waals surface area contributed by atoms with Gasteiger partial charge in [0.2, 0.25) is 20.2 Å². The average Bonchev–Trinajstić information content (AvgIpc) is 3.66. The van der Waals surface area contributed by atoms with Gasteiger partial charge in [0.25, 0.3) is 5.91 Å². The molecule has 1 saturated heterocycles. The number of hydrogen-bond donors (Lipinski definition) is 3. The lowest BCUT2D eigenvalue weighted by atomic mass is 9.82. The summed E-state index contributed by atoms with van der Waals surface area (Å²) in [5, 5.41) is 22.5. The van der Waals surface area contributed by atoms with E-state index in [0.717, 1.165) is 34.5 Å². The first-order valence-corrected chi connectivity index (χ1v) is 24.1. The van der Waals surface area contributed by atoms with Crippen molar-refractivity contribution in [2.75, 3.05) is 42.7 Å². The van der Waals surface area contributed by atoms with Gasteiger partial charge in [0, 0.05) is 42.4 Å². The Bertz CT molecular complexity index is 2150. The number of nitrogens with zero attached hydrogens (tertiary/aromatic N) is 3. The average molecular weight is 837 g/mol. The van der Waals surface area contributed by atoms with Crippen LogP contribution in [0.4, 0.5) is 21.2 Å². The molecule has 4 aromatic rings. The van der Waals surface area contributed by atoms with Gasteiger partial charge in [0.05, 0.1) is 49.7 Å². The maximum atomic E-state index is 16.5. The van der Waals surface area contributed by atoms with Gasteiger partial charge in [-0.15, -0.1) is 0 Å². The first-order chi connectivity index (χ1) is 28.9. The maximum Gasteiger partial charge on any atom is 0.264 e. The molecule has 3 N–H and O–H groups in total. The second-order valence-electron chi connectivity index (χ2n) is 16.6. The van der Waals surface area contributed by atoms with Crippen molar-refractivity contribution < 1.29 is 38.2 Å². The summed E-state index contributed by atoms with van der Waals surface area (Å²) in [6.07, 6.45) is 0.930. The van der Waals surface area contributed by atoms with Gasteiger partial charge in [0.1, 0.15) is 5.75 Å². The molecule has 13 heteroatoms. The van der Waals surface area contributed by atoms with Crippen molar-refractivity contribution in [1.29, 1.82) is 0 Å². The van der Waals surface area contributed by atoms with Crippen molar-refractivity contribution in [3.63, 3.8) is 0 Å². The normalized spacial score (nSPS) is 22.3. The van der Waals surface area contributed by atoms with E-state index in [9.17, 15) is 24.6 Å². The topological polar surface area (TPSA) is 132 Å². The lowest BCUT2D eigenvalue weighted by Gasteiger charge is -2.35. The second kappa shape index (κ2) is 18.4. The van der Waals surface area contributed by atoms with Crippen LogP contribution in [0.3, 0.4) is 0 Å². The predicted octanol–water partition coefficient (Wildman–Crippen LogP) is 6.77. The summed E-state index contributed by atoms with van der Waals surface area (Å²) in [6, 6.07) is 29.9. The van der Waals surface area contributed by atoms with Crippen molar-refractivity contribution in [1.82, 2.24) is 10.2 Å². The Morgan fingerprint density at radius 3 is 2.38 bits per heavy atom. The van der Waals surface area contributed by atoms with Gasteiger partial charge < -0.3 is 38.9 Å². The molecule has 7 rings (SSSR count). The van der Waals surface area contributed by atoms with E-state index in [1.807, 2.05) is 111 Å². The molecule has 0 radical (unpaired) electrons. The molecule has 3 heterocycles. The summed E-state index contributed by atoms with van der Waals surface area (Å²) in [7, 11) is -3.53. The number of anilines is 3. The van der Waals surface area contributed by atoms with Crippen molar-refractivity contribution >= 4 is 43.2 Å². The number of aliphatic hydroxyl groups excluding tert-OH is 2. The van der Waals surface area contributed by atoms with Crippen LogP contribution in [0.25, 0.3) is 0 Å². The Balaban J connectivity index is 1.15. The summed E-state index contributed by atoms with van der Waals surface area (Å²) in [5.41, 5.74) is 3.36. The van der Waals surface area contributed by atoms with E-state index in [-0.39, 0.29) is 50.4 Å². The molecule has 0 aliphatic carbocycles. The third-order valence-corrected chi connectivity index (χ3v) is 14.7. The minimum absolute atomic E-state index is 0.0807. The number of benzene rings is 4. The van der Waals surface area contributed by atoms with Crippen molar-refractivity contribution in [3.8, 4) is 5.75 Å². The number of rotatable bonds is 17. The fourth-order valence-electron chi connectivity index (χ4n) is 9.53. The minimum atomic E-state index is -3.53. The fourth-order valence-corrected chi connectivity index (χ4v) is 12.0. The number of para-hydroxylation sites is 1.